The Morgan fingerprint density at radius 2 is 1.42 bits per heavy atom. The molecule has 15 heteroatoms. The SMILES string of the molecule is CN1C(=O)C[C@@H](C(=O)O)[C@@H]1c1cccnc1.Cc1cc(C(=O)O)[nH]n1.Nc1ccc(-c2ccc(N)c(C(=O)O)c2)cc1C(=O)O. The summed E-state index contributed by atoms with van der Waals surface area (Å²) in [6.07, 6.45) is 3.29. The molecule has 2 aromatic carbocycles. The lowest BCUT2D eigenvalue weighted by molar-refractivity contribution is -0.142. The van der Waals surface area contributed by atoms with E-state index < -0.39 is 35.8 Å². The van der Waals surface area contributed by atoms with Crippen LogP contribution in [0.15, 0.2) is 67.0 Å². The Morgan fingerprint density at radius 3 is 1.80 bits per heavy atom. The number of nitrogens with two attached hydrogens (primary N) is 2. The largest absolute Gasteiger partial charge is 0.481 e. The molecular weight excluding hydrogens is 588 g/mol. The Labute approximate surface area is 255 Å². The number of likely N-dealkylation sites (tertiary alicyclic amines) is 1. The van der Waals surface area contributed by atoms with Gasteiger partial charge in [0.2, 0.25) is 5.91 Å². The molecule has 2 atom stereocenters. The standard InChI is InChI=1S/C14H12N2O4.C11H12N2O3.C5H6N2O2/c15-11-3-1-7(5-9(11)13(17)18)8-2-4-12(16)10(6-8)14(19)20;1-13-9(14)5-8(11(15)16)10(13)7-3-2-4-12-6-7;1-3-2-4(5(8)9)7-6-3/h1-6H,15-16H2,(H,17,18)(H,19,20);2-4,6,8,10H,5H2,1H3,(H,15,16);2H,1H3,(H,6,7)(H,8,9)/t;8-,10+;/m.1./s1. The van der Waals surface area contributed by atoms with Crippen molar-refractivity contribution in [2.45, 2.75) is 19.4 Å². The van der Waals surface area contributed by atoms with Crippen molar-refractivity contribution in [1.29, 1.82) is 0 Å². The predicted molar refractivity (Wildman–Crippen MR) is 160 cm³/mol. The molecule has 3 heterocycles. The van der Waals surface area contributed by atoms with E-state index >= 15 is 0 Å². The number of nitrogens with one attached hydrogen (secondary N) is 1. The summed E-state index contributed by atoms with van der Waals surface area (Å²) in [5.41, 5.74) is 14.1. The minimum absolute atomic E-state index is 0.0313. The summed E-state index contributed by atoms with van der Waals surface area (Å²) in [5.74, 6) is -5.01. The summed E-state index contributed by atoms with van der Waals surface area (Å²) >= 11 is 0. The molecule has 1 amide bonds. The van der Waals surface area contributed by atoms with Gasteiger partial charge in [0.15, 0.2) is 0 Å². The van der Waals surface area contributed by atoms with E-state index in [0.29, 0.717) is 16.8 Å². The van der Waals surface area contributed by atoms with Crippen molar-refractivity contribution in [1.82, 2.24) is 20.1 Å². The molecule has 1 fully saturated rings. The molecule has 9 N–H and O–H groups in total. The summed E-state index contributed by atoms with van der Waals surface area (Å²) in [4.78, 5) is 60.2. The third-order valence-corrected chi connectivity index (χ3v) is 6.77. The van der Waals surface area contributed by atoms with Crippen LogP contribution in [0.1, 0.15) is 54.9 Å². The topological polar surface area (TPSA) is 263 Å². The average Bonchev–Trinajstić information content (AvgIpc) is 3.57. The van der Waals surface area contributed by atoms with E-state index in [0.717, 1.165) is 5.56 Å². The van der Waals surface area contributed by atoms with E-state index in [1.807, 2.05) is 0 Å². The van der Waals surface area contributed by atoms with E-state index in [9.17, 15) is 24.0 Å². The number of carboxylic acid groups (broad SMARTS) is 4. The lowest BCUT2D eigenvalue weighted by Crippen LogP contribution is -2.26. The van der Waals surface area contributed by atoms with E-state index in [-0.39, 0.29) is 40.5 Å². The number of aromatic amines is 1. The third-order valence-electron chi connectivity index (χ3n) is 6.77. The molecule has 4 aromatic rings. The fourth-order valence-corrected chi connectivity index (χ4v) is 4.47. The van der Waals surface area contributed by atoms with Crippen LogP contribution in [0.5, 0.6) is 0 Å². The molecule has 1 aliphatic heterocycles. The number of aliphatic carboxylic acids is 1. The lowest BCUT2D eigenvalue weighted by atomic mass is 9.95. The molecule has 0 bridgehead atoms. The zero-order valence-electron chi connectivity index (χ0n) is 24.0. The predicted octanol–water partition coefficient (Wildman–Crippen LogP) is 3.02. The van der Waals surface area contributed by atoms with Gasteiger partial charge in [-0.05, 0) is 60.0 Å². The number of hydrogen-bond acceptors (Lipinski definition) is 9. The van der Waals surface area contributed by atoms with Crippen LogP contribution in [0, 0.1) is 12.8 Å². The third kappa shape index (κ3) is 8.19. The average molecular weight is 619 g/mol. The van der Waals surface area contributed by atoms with Gasteiger partial charge in [-0.3, -0.25) is 19.7 Å². The second-order valence-corrected chi connectivity index (χ2v) is 9.83. The van der Waals surface area contributed by atoms with E-state index in [1.165, 1.54) is 35.2 Å². The fourth-order valence-electron chi connectivity index (χ4n) is 4.47. The monoisotopic (exact) mass is 618 g/mol. The number of carboxylic acids is 4. The van der Waals surface area contributed by atoms with Crippen LogP contribution < -0.4 is 11.5 Å². The van der Waals surface area contributed by atoms with Gasteiger partial charge in [-0.15, -0.1) is 0 Å². The number of amides is 1. The molecule has 45 heavy (non-hydrogen) atoms. The number of benzene rings is 2. The number of rotatable bonds is 6. The number of aryl methyl sites for hydroxylation is 1. The van der Waals surface area contributed by atoms with E-state index in [1.54, 1.807) is 50.6 Å². The van der Waals surface area contributed by atoms with Crippen molar-refractivity contribution in [2.75, 3.05) is 18.5 Å². The number of aromatic carboxylic acids is 3. The summed E-state index contributed by atoms with van der Waals surface area (Å²) in [6.45, 7) is 1.73. The van der Waals surface area contributed by atoms with Gasteiger partial charge in [0, 0.05) is 37.2 Å². The molecular formula is C30H30N6O9. The number of aromatic nitrogens is 3. The summed E-state index contributed by atoms with van der Waals surface area (Å²) < 4.78 is 0. The summed E-state index contributed by atoms with van der Waals surface area (Å²) in [6, 6.07) is 13.6. The number of pyridine rings is 1. The highest BCUT2D eigenvalue weighted by Gasteiger charge is 2.42. The van der Waals surface area contributed by atoms with Gasteiger partial charge >= 0.3 is 23.9 Å². The van der Waals surface area contributed by atoms with Crippen molar-refractivity contribution < 1.29 is 44.4 Å². The van der Waals surface area contributed by atoms with Gasteiger partial charge < -0.3 is 36.8 Å². The van der Waals surface area contributed by atoms with Gasteiger partial charge in [0.05, 0.1) is 28.8 Å². The van der Waals surface area contributed by atoms with Crippen LogP contribution in [0.4, 0.5) is 11.4 Å². The Kier molecular flexibility index (Phi) is 10.6. The number of nitrogen functional groups attached to an aromatic ring is 2. The maximum absolute atomic E-state index is 11.5. The normalized spacial score (nSPS) is 15.2. The number of anilines is 2. The van der Waals surface area contributed by atoms with Crippen LogP contribution >= 0.6 is 0 Å². The van der Waals surface area contributed by atoms with Crippen molar-refractivity contribution in [3.05, 3.63) is 95.1 Å². The van der Waals surface area contributed by atoms with Crippen molar-refractivity contribution in [2.24, 2.45) is 5.92 Å². The number of carbonyl (C=O) groups is 5. The van der Waals surface area contributed by atoms with Gasteiger partial charge in [-0.2, -0.15) is 5.10 Å². The van der Waals surface area contributed by atoms with Gasteiger partial charge in [0.1, 0.15) is 5.69 Å². The van der Waals surface area contributed by atoms with Crippen LogP contribution in [0.3, 0.4) is 0 Å². The van der Waals surface area contributed by atoms with Crippen molar-refractivity contribution in [3.8, 4) is 11.1 Å². The van der Waals surface area contributed by atoms with Crippen molar-refractivity contribution in [3.63, 3.8) is 0 Å². The van der Waals surface area contributed by atoms with Crippen LogP contribution in [0.25, 0.3) is 11.1 Å². The highest BCUT2D eigenvalue weighted by atomic mass is 16.4. The first-order valence-corrected chi connectivity index (χ1v) is 13.1. The Bertz CT molecular complexity index is 1680. The molecule has 0 aliphatic carbocycles. The smallest absolute Gasteiger partial charge is 0.353 e. The molecule has 0 saturated carbocycles. The van der Waals surface area contributed by atoms with Gasteiger partial charge in [0.25, 0.3) is 0 Å². The highest BCUT2D eigenvalue weighted by molar-refractivity contribution is 5.97. The second-order valence-electron chi connectivity index (χ2n) is 9.83. The molecule has 1 aliphatic rings. The number of nitrogens with zero attached hydrogens (tertiary/aromatic N) is 3. The minimum Gasteiger partial charge on any atom is -0.481 e. The number of hydrogen-bond donors (Lipinski definition) is 7. The lowest BCUT2D eigenvalue weighted by Gasteiger charge is -2.22. The first kappa shape index (κ1) is 33.3. The number of H-pyrrole nitrogens is 1. The van der Waals surface area contributed by atoms with Gasteiger partial charge in [-0.1, -0.05) is 18.2 Å². The number of carbonyl (C=O) groups excluding carboxylic acids is 1. The Hall–Kier alpha value is -6.25. The van der Waals surface area contributed by atoms with Gasteiger partial charge in [-0.25, -0.2) is 14.4 Å². The molecule has 5 rings (SSSR count). The van der Waals surface area contributed by atoms with E-state index in [4.69, 9.17) is 31.9 Å². The Morgan fingerprint density at radius 1 is 0.867 bits per heavy atom. The zero-order chi connectivity index (χ0) is 33.4. The molecule has 15 nitrogen and oxygen atoms in total. The molecule has 1 saturated heterocycles. The molecule has 234 valence electrons. The quantitative estimate of drug-likeness (QED) is 0.153. The summed E-state index contributed by atoms with van der Waals surface area (Å²) in [7, 11) is 1.63. The van der Waals surface area contributed by atoms with Crippen molar-refractivity contribution >= 4 is 41.2 Å². The molecule has 0 radical (unpaired) electrons. The second kappa shape index (κ2) is 14.3. The van der Waals surface area contributed by atoms with E-state index in [2.05, 4.69) is 15.2 Å². The van der Waals surface area contributed by atoms with Crippen LogP contribution in [-0.4, -0.2) is 77.3 Å². The minimum atomic E-state index is -1.14. The molecule has 0 spiro atoms. The molecule has 0 unspecified atom stereocenters. The first-order valence-electron chi connectivity index (χ1n) is 13.1. The Balaban J connectivity index is 0.000000197. The highest BCUT2D eigenvalue weighted by Crippen LogP contribution is 2.36. The first-order chi connectivity index (χ1) is 21.2. The maximum Gasteiger partial charge on any atom is 0.353 e. The fraction of sp³-hybridized carbons (Fsp3) is 0.167. The molecule has 2 aromatic heterocycles. The summed E-state index contributed by atoms with van der Waals surface area (Å²) in [5, 5.41) is 41.5. The van der Waals surface area contributed by atoms with Crippen LogP contribution in [-0.2, 0) is 9.59 Å². The zero-order valence-corrected chi connectivity index (χ0v) is 24.0. The van der Waals surface area contributed by atoms with Crippen LogP contribution in [0.2, 0.25) is 0 Å². The maximum atomic E-state index is 11.5.